The van der Waals surface area contributed by atoms with Crippen LogP contribution in [0.15, 0.2) is 47.2 Å². The number of anilines is 1. The van der Waals surface area contributed by atoms with Gasteiger partial charge in [-0.2, -0.15) is 0 Å². The molecule has 0 radical (unpaired) electrons. The maximum absolute atomic E-state index is 12.8. The van der Waals surface area contributed by atoms with Gasteiger partial charge in [0.25, 0.3) is 11.8 Å². The van der Waals surface area contributed by atoms with E-state index < -0.39 is 0 Å². The quantitative estimate of drug-likeness (QED) is 0.734. The number of nitrogens with zero attached hydrogens (tertiary/aromatic N) is 3. The molecule has 0 aliphatic carbocycles. The molecular weight excluding hydrogens is 452 g/mol. The molecule has 1 aromatic heterocycles. The van der Waals surface area contributed by atoms with Crippen molar-refractivity contribution in [1.29, 1.82) is 0 Å². The van der Waals surface area contributed by atoms with E-state index in [4.69, 9.17) is 4.74 Å². The standard InChI is InChI=1S/C21H21BrN4O4/c22-15-3-4-17-18(10-15)30-13-20(28)26(17)12-19(27)25-8-5-16(6-9-25)24-21(29)14-2-1-7-23-11-14/h1-4,7,10-11,16H,5-6,8-9,12-13H2,(H,24,29). The summed E-state index contributed by atoms with van der Waals surface area (Å²) >= 11 is 3.38. The summed E-state index contributed by atoms with van der Waals surface area (Å²) in [6.45, 7) is 0.952. The van der Waals surface area contributed by atoms with Crippen LogP contribution in [0.3, 0.4) is 0 Å². The van der Waals surface area contributed by atoms with Crippen molar-refractivity contribution in [3.63, 3.8) is 0 Å². The zero-order valence-electron chi connectivity index (χ0n) is 16.2. The van der Waals surface area contributed by atoms with Crippen LogP contribution in [0.1, 0.15) is 23.2 Å². The monoisotopic (exact) mass is 472 g/mol. The zero-order valence-corrected chi connectivity index (χ0v) is 17.8. The number of carbonyl (C=O) groups excluding carboxylic acids is 3. The predicted octanol–water partition coefficient (Wildman–Crippen LogP) is 1.99. The molecule has 0 saturated carbocycles. The fourth-order valence-corrected chi connectivity index (χ4v) is 3.97. The lowest BCUT2D eigenvalue weighted by molar-refractivity contribution is -0.132. The lowest BCUT2D eigenvalue weighted by Gasteiger charge is -2.35. The van der Waals surface area contributed by atoms with Crippen LogP contribution in [0.5, 0.6) is 5.75 Å². The van der Waals surface area contributed by atoms with E-state index >= 15 is 0 Å². The number of rotatable bonds is 4. The Bertz CT molecular complexity index is 961. The highest BCUT2D eigenvalue weighted by atomic mass is 79.9. The second-order valence-electron chi connectivity index (χ2n) is 7.25. The number of ether oxygens (including phenoxy) is 1. The maximum atomic E-state index is 12.8. The summed E-state index contributed by atoms with van der Waals surface area (Å²) in [6, 6.07) is 8.82. The van der Waals surface area contributed by atoms with Crippen molar-refractivity contribution in [2.75, 3.05) is 31.1 Å². The lowest BCUT2D eigenvalue weighted by Crippen LogP contribution is -2.51. The minimum absolute atomic E-state index is 0.00449. The zero-order chi connectivity index (χ0) is 21.1. The number of likely N-dealkylation sites (tertiary alicyclic amines) is 1. The average molecular weight is 473 g/mol. The predicted molar refractivity (Wildman–Crippen MR) is 113 cm³/mol. The van der Waals surface area contributed by atoms with Crippen LogP contribution < -0.4 is 15.0 Å². The van der Waals surface area contributed by atoms with Gasteiger partial charge in [-0.3, -0.25) is 24.3 Å². The van der Waals surface area contributed by atoms with Gasteiger partial charge in [0.2, 0.25) is 5.91 Å². The van der Waals surface area contributed by atoms with E-state index in [-0.39, 0.29) is 36.9 Å². The highest BCUT2D eigenvalue weighted by Crippen LogP contribution is 2.34. The number of halogens is 1. The van der Waals surface area contributed by atoms with E-state index in [9.17, 15) is 14.4 Å². The summed E-state index contributed by atoms with van der Waals surface area (Å²) in [4.78, 5) is 44.6. The first-order chi connectivity index (χ1) is 14.5. The summed E-state index contributed by atoms with van der Waals surface area (Å²) in [5.74, 6) is 0.0658. The molecule has 8 nitrogen and oxygen atoms in total. The SMILES string of the molecule is O=C(NC1CCN(C(=O)CN2C(=O)COc3cc(Br)ccc32)CC1)c1cccnc1. The highest BCUT2D eigenvalue weighted by Gasteiger charge is 2.30. The number of piperidine rings is 1. The molecule has 2 aliphatic heterocycles. The molecule has 0 atom stereocenters. The number of hydrogen-bond donors (Lipinski definition) is 1. The number of hydrogen-bond acceptors (Lipinski definition) is 5. The third-order valence-electron chi connectivity index (χ3n) is 5.26. The van der Waals surface area contributed by atoms with Crippen LogP contribution in [0.2, 0.25) is 0 Å². The van der Waals surface area contributed by atoms with Gasteiger partial charge in [-0.25, -0.2) is 0 Å². The fraction of sp³-hybridized carbons (Fsp3) is 0.333. The summed E-state index contributed by atoms with van der Waals surface area (Å²) in [6.07, 6.45) is 4.48. The van der Waals surface area contributed by atoms with Gasteiger partial charge in [0, 0.05) is 36.0 Å². The van der Waals surface area contributed by atoms with Crippen molar-refractivity contribution in [2.45, 2.75) is 18.9 Å². The Balaban J connectivity index is 1.33. The Morgan fingerprint density at radius 3 is 2.77 bits per heavy atom. The third kappa shape index (κ3) is 4.46. The molecule has 9 heteroatoms. The molecule has 156 valence electrons. The molecule has 30 heavy (non-hydrogen) atoms. The van der Waals surface area contributed by atoms with Crippen LogP contribution in [0, 0.1) is 0 Å². The second kappa shape index (κ2) is 8.83. The van der Waals surface area contributed by atoms with E-state index in [1.807, 2.05) is 6.07 Å². The smallest absolute Gasteiger partial charge is 0.265 e. The van der Waals surface area contributed by atoms with Gasteiger partial charge in [0.1, 0.15) is 12.3 Å². The molecule has 0 spiro atoms. The van der Waals surface area contributed by atoms with E-state index in [2.05, 4.69) is 26.2 Å². The van der Waals surface area contributed by atoms with Gasteiger partial charge in [0.15, 0.2) is 6.61 Å². The lowest BCUT2D eigenvalue weighted by atomic mass is 10.0. The largest absolute Gasteiger partial charge is 0.482 e. The summed E-state index contributed by atoms with van der Waals surface area (Å²) in [5, 5.41) is 3.00. The van der Waals surface area contributed by atoms with Crippen LogP contribution in [-0.4, -0.2) is 59.9 Å². The van der Waals surface area contributed by atoms with Crippen molar-refractivity contribution in [3.05, 3.63) is 52.8 Å². The molecule has 0 bridgehead atoms. The van der Waals surface area contributed by atoms with Crippen LogP contribution in [0.25, 0.3) is 0 Å². The maximum Gasteiger partial charge on any atom is 0.265 e. The molecule has 1 saturated heterocycles. The Morgan fingerprint density at radius 2 is 2.03 bits per heavy atom. The number of amides is 3. The van der Waals surface area contributed by atoms with Crippen molar-refractivity contribution >= 4 is 39.3 Å². The number of benzene rings is 1. The number of fused-ring (bicyclic) bond motifs is 1. The average Bonchev–Trinajstić information content (AvgIpc) is 2.76. The van der Waals surface area contributed by atoms with Gasteiger partial charge < -0.3 is 15.0 Å². The summed E-state index contributed by atoms with van der Waals surface area (Å²) in [7, 11) is 0. The molecule has 3 amide bonds. The van der Waals surface area contributed by atoms with E-state index in [1.54, 1.807) is 35.4 Å². The van der Waals surface area contributed by atoms with Gasteiger partial charge in [-0.05, 0) is 43.2 Å². The molecule has 3 heterocycles. The van der Waals surface area contributed by atoms with Crippen LogP contribution in [-0.2, 0) is 9.59 Å². The van der Waals surface area contributed by atoms with Crippen molar-refractivity contribution in [3.8, 4) is 5.75 Å². The van der Waals surface area contributed by atoms with Gasteiger partial charge >= 0.3 is 0 Å². The Kier molecular flexibility index (Phi) is 5.98. The first-order valence-corrected chi connectivity index (χ1v) is 10.5. The first kappa shape index (κ1) is 20.3. The molecule has 0 unspecified atom stereocenters. The molecule has 2 aliphatic rings. The fourth-order valence-electron chi connectivity index (χ4n) is 3.63. The Labute approximate surface area is 182 Å². The van der Waals surface area contributed by atoms with Crippen molar-refractivity contribution in [1.82, 2.24) is 15.2 Å². The summed E-state index contributed by atoms with van der Waals surface area (Å²) < 4.78 is 6.32. The minimum atomic E-state index is -0.239. The Hall–Kier alpha value is -2.94. The molecule has 1 N–H and O–H groups in total. The summed E-state index contributed by atoms with van der Waals surface area (Å²) in [5.41, 5.74) is 1.12. The first-order valence-electron chi connectivity index (χ1n) is 9.72. The Morgan fingerprint density at radius 1 is 1.23 bits per heavy atom. The van der Waals surface area contributed by atoms with Gasteiger partial charge in [0.05, 0.1) is 11.3 Å². The van der Waals surface area contributed by atoms with E-state index in [0.29, 0.717) is 42.9 Å². The highest BCUT2D eigenvalue weighted by molar-refractivity contribution is 9.10. The topological polar surface area (TPSA) is 91.8 Å². The number of nitrogens with one attached hydrogen (secondary N) is 1. The second-order valence-corrected chi connectivity index (χ2v) is 8.17. The molecule has 2 aromatic rings. The van der Waals surface area contributed by atoms with Crippen LogP contribution >= 0.6 is 15.9 Å². The molecule has 1 fully saturated rings. The number of aromatic nitrogens is 1. The van der Waals surface area contributed by atoms with Crippen molar-refractivity contribution in [2.24, 2.45) is 0 Å². The molecule has 4 rings (SSSR count). The van der Waals surface area contributed by atoms with E-state index in [1.165, 1.54) is 11.1 Å². The van der Waals surface area contributed by atoms with Gasteiger partial charge in [-0.1, -0.05) is 15.9 Å². The van der Waals surface area contributed by atoms with E-state index in [0.717, 1.165) is 4.47 Å². The van der Waals surface area contributed by atoms with Gasteiger partial charge in [-0.15, -0.1) is 0 Å². The minimum Gasteiger partial charge on any atom is -0.482 e. The molecule has 1 aromatic carbocycles. The normalized spacial score (nSPS) is 16.6. The van der Waals surface area contributed by atoms with Crippen molar-refractivity contribution < 1.29 is 19.1 Å². The third-order valence-corrected chi connectivity index (χ3v) is 5.76. The molecular formula is C21H21BrN4O4. The number of carbonyl (C=O) groups is 3. The van der Waals surface area contributed by atoms with Crippen LogP contribution in [0.4, 0.5) is 5.69 Å². The number of pyridine rings is 1.